The number of rotatable bonds is 0. The third-order valence-corrected chi connectivity index (χ3v) is 2.27. The van der Waals surface area contributed by atoms with Crippen LogP contribution >= 0.6 is 34.2 Å². The van der Waals surface area contributed by atoms with Crippen molar-refractivity contribution in [2.24, 2.45) is 0 Å². The van der Waals surface area contributed by atoms with Crippen molar-refractivity contribution < 1.29 is 8.78 Å². The number of hydrogen-bond acceptors (Lipinski definition) is 1. The van der Waals surface area contributed by atoms with Gasteiger partial charge in [0.05, 0.1) is 5.02 Å². The number of pyridine rings is 1. The van der Waals surface area contributed by atoms with Gasteiger partial charge in [-0.1, -0.05) is 11.6 Å². The molecule has 0 saturated carbocycles. The highest BCUT2D eigenvalue weighted by atomic mass is 127. The predicted octanol–water partition coefficient (Wildman–Crippen LogP) is 2.62. The molecular weight excluding hydrogens is 274 g/mol. The first-order valence-electron chi connectivity index (χ1n) is 2.28. The monoisotopic (exact) mass is 275 g/mol. The lowest BCUT2D eigenvalue weighted by molar-refractivity contribution is 0.477. The third-order valence-electron chi connectivity index (χ3n) is 0.844. The third kappa shape index (κ3) is 1.54. The van der Waals surface area contributed by atoms with Gasteiger partial charge in [0.1, 0.15) is 3.70 Å². The van der Waals surface area contributed by atoms with Gasteiger partial charge in [0.25, 0.3) is 0 Å². The summed E-state index contributed by atoms with van der Waals surface area (Å²) in [5.41, 5.74) is 0. The van der Waals surface area contributed by atoms with Crippen molar-refractivity contribution in [2.75, 3.05) is 0 Å². The van der Waals surface area contributed by atoms with Crippen LogP contribution in [-0.4, -0.2) is 4.98 Å². The minimum atomic E-state index is -1.12. The molecule has 0 unspecified atom stereocenters. The molecule has 0 aliphatic carbocycles. The Morgan fingerprint density at radius 3 is 2.60 bits per heavy atom. The van der Waals surface area contributed by atoms with E-state index in [0.717, 1.165) is 6.07 Å². The molecule has 1 rings (SSSR count). The second kappa shape index (κ2) is 2.96. The highest BCUT2D eigenvalue weighted by Crippen LogP contribution is 2.17. The van der Waals surface area contributed by atoms with Crippen molar-refractivity contribution in [1.29, 1.82) is 0 Å². The minimum Gasteiger partial charge on any atom is -0.209 e. The summed E-state index contributed by atoms with van der Waals surface area (Å²) in [5.74, 6) is -2.14. The largest absolute Gasteiger partial charge is 0.250 e. The summed E-state index contributed by atoms with van der Waals surface area (Å²) in [6.07, 6.45) is 0. The van der Waals surface area contributed by atoms with E-state index in [9.17, 15) is 8.78 Å². The number of halogens is 4. The lowest BCUT2D eigenvalue weighted by atomic mass is 10.5. The topological polar surface area (TPSA) is 12.9 Å². The number of nitrogens with zero attached hydrogens (tertiary/aromatic N) is 1. The summed E-state index contributed by atoms with van der Waals surface area (Å²) in [7, 11) is 0. The van der Waals surface area contributed by atoms with Gasteiger partial charge in [0.15, 0.2) is 5.82 Å². The fourth-order valence-corrected chi connectivity index (χ4v) is 0.929. The average molecular weight is 275 g/mol. The fraction of sp³-hybridized carbons (Fsp3) is 0. The van der Waals surface area contributed by atoms with Crippen molar-refractivity contribution in [2.45, 2.75) is 0 Å². The molecule has 5 heteroatoms. The SMILES string of the molecule is Fc1cc(Cl)c(I)nc1F. The molecular formula is C5HClF2IN. The van der Waals surface area contributed by atoms with Gasteiger partial charge in [-0.15, -0.1) is 0 Å². The van der Waals surface area contributed by atoms with Crippen LogP contribution in [0.3, 0.4) is 0 Å². The number of aromatic nitrogens is 1. The molecule has 0 bridgehead atoms. The maximum atomic E-state index is 12.2. The van der Waals surface area contributed by atoms with E-state index in [1.54, 1.807) is 22.6 Å². The predicted molar refractivity (Wildman–Crippen MR) is 41.9 cm³/mol. The zero-order chi connectivity index (χ0) is 7.72. The molecule has 0 radical (unpaired) electrons. The highest BCUT2D eigenvalue weighted by Gasteiger charge is 2.06. The average Bonchev–Trinajstić information content (AvgIpc) is 1.84. The first kappa shape index (κ1) is 8.13. The molecule has 54 valence electrons. The molecule has 0 aromatic carbocycles. The van der Waals surface area contributed by atoms with Crippen molar-refractivity contribution in [3.05, 3.63) is 26.6 Å². The fourth-order valence-electron chi connectivity index (χ4n) is 0.423. The summed E-state index contributed by atoms with van der Waals surface area (Å²) < 4.78 is 24.7. The van der Waals surface area contributed by atoms with Crippen molar-refractivity contribution in [1.82, 2.24) is 4.98 Å². The smallest absolute Gasteiger partial charge is 0.209 e. The summed E-state index contributed by atoms with van der Waals surface area (Å²) >= 11 is 7.13. The van der Waals surface area contributed by atoms with Crippen LogP contribution in [0.5, 0.6) is 0 Å². The van der Waals surface area contributed by atoms with Crippen LogP contribution in [-0.2, 0) is 0 Å². The van der Waals surface area contributed by atoms with Gasteiger partial charge in [-0.05, 0) is 28.7 Å². The van der Waals surface area contributed by atoms with Gasteiger partial charge < -0.3 is 0 Å². The molecule has 0 fully saturated rings. The summed E-state index contributed by atoms with van der Waals surface area (Å²) in [6.45, 7) is 0. The van der Waals surface area contributed by atoms with E-state index < -0.39 is 11.8 Å². The van der Waals surface area contributed by atoms with Gasteiger partial charge >= 0.3 is 0 Å². The second-order valence-electron chi connectivity index (χ2n) is 1.53. The van der Waals surface area contributed by atoms with E-state index in [-0.39, 0.29) is 8.72 Å². The molecule has 0 atom stereocenters. The lowest BCUT2D eigenvalue weighted by Crippen LogP contribution is -1.92. The Labute approximate surface area is 74.5 Å². The van der Waals surface area contributed by atoms with Crippen molar-refractivity contribution >= 4 is 34.2 Å². The van der Waals surface area contributed by atoms with Gasteiger partial charge in [-0.3, -0.25) is 0 Å². The van der Waals surface area contributed by atoms with Crippen LogP contribution in [0.15, 0.2) is 6.07 Å². The van der Waals surface area contributed by atoms with E-state index in [1.807, 2.05) is 0 Å². The van der Waals surface area contributed by atoms with Gasteiger partial charge in [0, 0.05) is 0 Å². The second-order valence-corrected chi connectivity index (χ2v) is 2.96. The molecule has 1 heterocycles. The Balaban J connectivity index is 3.28. The lowest BCUT2D eigenvalue weighted by Gasteiger charge is -1.94. The minimum absolute atomic E-state index is 0.125. The van der Waals surface area contributed by atoms with Crippen molar-refractivity contribution in [3.63, 3.8) is 0 Å². The summed E-state index contributed by atoms with van der Waals surface area (Å²) in [6, 6.07) is 0.895. The molecule has 0 amide bonds. The molecule has 1 nitrogen and oxygen atoms in total. The maximum Gasteiger partial charge on any atom is 0.250 e. The molecule has 10 heavy (non-hydrogen) atoms. The molecule has 1 aromatic rings. The highest BCUT2D eigenvalue weighted by molar-refractivity contribution is 14.1. The van der Waals surface area contributed by atoms with Crippen molar-refractivity contribution in [3.8, 4) is 0 Å². The van der Waals surface area contributed by atoms with Crippen LogP contribution in [0.4, 0.5) is 8.78 Å². The Bertz CT molecular complexity index is 216. The van der Waals surface area contributed by atoms with Gasteiger partial charge in [-0.25, -0.2) is 9.37 Å². The van der Waals surface area contributed by atoms with Gasteiger partial charge in [-0.2, -0.15) is 4.39 Å². The summed E-state index contributed by atoms with van der Waals surface area (Å²) in [5, 5.41) is 0.125. The standard InChI is InChI=1S/C5HClF2IN/c6-2-1-3(7)4(8)10-5(2)9/h1H. The van der Waals surface area contributed by atoms with E-state index in [0.29, 0.717) is 0 Å². The molecule has 0 aliphatic heterocycles. The molecule has 0 aliphatic rings. The first-order chi connectivity index (χ1) is 4.61. The van der Waals surface area contributed by atoms with E-state index in [4.69, 9.17) is 11.6 Å². The van der Waals surface area contributed by atoms with E-state index in [1.165, 1.54) is 0 Å². The quantitative estimate of drug-likeness (QED) is 0.524. The Morgan fingerprint density at radius 2 is 2.10 bits per heavy atom. The Kier molecular flexibility index (Phi) is 2.40. The van der Waals surface area contributed by atoms with E-state index >= 15 is 0 Å². The molecule has 0 N–H and O–H groups in total. The summed E-state index contributed by atoms with van der Waals surface area (Å²) in [4.78, 5) is 3.19. The zero-order valence-corrected chi connectivity index (χ0v) is 7.45. The zero-order valence-electron chi connectivity index (χ0n) is 4.54. The Hall–Kier alpha value is 0.0300. The van der Waals surface area contributed by atoms with Crippen LogP contribution in [0, 0.1) is 15.5 Å². The molecule has 0 spiro atoms. The first-order valence-corrected chi connectivity index (χ1v) is 3.74. The number of hydrogen-bond donors (Lipinski definition) is 0. The van der Waals surface area contributed by atoms with Crippen LogP contribution in [0.1, 0.15) is 0 Å². The normalized spacial score (nSPS) is 10.0. The molecule has 0 saturated heterocycles. The van der Waals surface area contributed by atoms with E-state index in [2.05, 4.69) is 4.98 Å². The maximum absolute atomic E-state index is 12.2. The van der Waals surface area contributed by atoms with Crippen LogP contribution in [0.25, 0.3) is 0 Å². The van der Waals surface area contributed by atoms with Gasteiger partial charge in [0.2, 0.25) is 5.95 Å². The molecule has 1 aromatic heterocycles. The van der Waals surface area contributed by atoms with Crippen LogP contribution in [0.2, 0.25) is 5.02 Å². The Morgan fingerprint density at radius 1 is 1.50 bits per heavy atom. The van der Waals surface area contributed by atoms with Crippen LogP contribution < -0.4 is 0 Å².